The van der Waals surface area contributed by atoms with Gasteiger partial charge < -0.3 is 5.32 Å². The lowest BCUT2D eigenvalue weighted by atomic mass is 10.1. The summed E-state index contributed by atoms with van der Waals surface area (Å²) in [6.07, 6.45) is 1.52. The highest BCUT2D eigenvalue weighted by Crippen LogP contribution is 2.22. The number of carbonyl (C=O) groups is 1. The molecule has 1 aromatic carbocycles. The Bertz CT molecular complexity index is 773. The number of nitrogens with one attached hydrogen (secondary N) is 3. The summed E-state index contributed by atoms with van der Waals surface area (Å²) in [5.41, 5.74) is 3.07. The highest BCUT2D eigenvalue weighted by molar-refractivity contribution is 6.07. The number of aromatic nitrogens is 4. The van der Waals surface area contributed by atoms with Crippen LogP contribution in [-0.2, 0) is 0 Å². The first kappa shape index (κ1) is 14.1. The van der Waals surface area contributed by atoms with Crippen LogP contribution in [0.2, 0.25) is 0 Å². The molecular weight excluding hydrogens is 278 g/mol. The van der Waals surface area contributed by atoms with E-state index in [-0.39, 0.29) is 5.91 Å². The predicted octanol–water partition coefficient (Wildman–Crippen LogP) is 3.18. The molecule has 0 unspecified atom stereocenters. The lowest BCUT2D eigenvalue weighted by Crippen LogP contribution is -2.12. The summed E-state index contributed by atoms with van der Waals surface area (Å²) in [4.78, 5) is 12.4. The van der Waals surface area contributed by atoms with Gasteiger partial charge in [0.05, 0.1) is 17.5 Å². The largest absolute Gasteiger partial charge is 0.305 e. The van der Waals surface area contributed by atoms with Gasteiger partial charge in [0.1, 0.15) is 0 Å². The van der Waals surface area contributed by atoms with Crippen molar-refractivity contribution in [1.82, 2.24) is 20.4 Å². The first-order valence-electron chi connectivity index (χ1n) is 7.10. The Morgan fingerprint density at radius 3 is 2.64 bits per heavy atom. The van der Waals surface area contributed by atoms with Gasteiger partial charge in [-0.2, -0.15) is 10.2 Å². The lowest BCUT2D eigenvalue weighted by Gasteiger charge is -2.03. The molecule has 1 amide bonds. The first-order chi connectivity index (χ1) is 10.6. The maximum absolute atomic E-state index is 12.4. The number of hydrogen-bond donors (Lipinski definition) is 3. The number of anilines is 1. The number of nitrogens with zero attached hydrogens (tertiary/aromatic N) is 2. The van der Waals surface area contributed by atoms with Crippen molar-refractivity contribution in [3.8, 4) is 11.3 Å². The second-order valence-electron chi connectivity index (χ2n) is 5.34. The van der Waals surface area contributed by atoms with Crippen molar-refractivity contribution in [3.05, 3.63) is 53.9 Å². The van der Waals surface area contributed by atoms with E-state index in [9.17, 15) is 4.79 Å². The van der Waals surface area contributed by atoms with Crippen molar-refractivity contribution in [1.29, 1.82) is 0 Å². The number of rotatable bonds is 4. The Balaban J connectivity index is 1.83. The van der Waals surface area contributed by atoms with E-state index < -0.39 is 0 Å². The van der Waals surface area contributed by atoms with E-state index in [4.69, 9.17) is 0 Å². The van der Waals surface area contributed by atoms with Gasteiger partial charge in [0.25, 0.3) is 5.91 Å². The van der Waals surface area contributed by atoms with Crippen LogP contribution in [0.4, 0.5) is 5.82 Å². The van der Waals surface area contributed by atoms with Crippen LogP contribution in [0.1, 0.15) is 35.8 Å². The molecule has 3 N–H and O–H groups in total. The summed E-state index contributed by atoms with van der Waals surface area (Å²) in [6.45, 7) is 4.12. The zero-order valence-electron chi connectivity index (χ0n) is 12.4. The predicted molar refractivity (Wildman–Crippen MR) is 84.7 cm³/mol. The minimum absolute atomic E-state index is 0.241. The second kappa shape index (κ2) is 5.85. The molecule has 0 radical (unpaired) electrons. The maximum atomic E-state index is 12.4. The van der Waals surface area contributed by atoms with Gasteiger partial charge in [0.2, 0.25) is 0 Å². The molecule has 0 fully saturated rings. The molecule has 22 heavy (non-hydrogen) atoms. The third-order valence-corrected chi connectivity index (χ3v) is 3.41. The van der Waals surface area contributed by atoms with E-state index in [2.05, 4.69) is 39.6 Å². The average Bonchev–Trinajstić information content (AvgIpc) is 3.17. The summed E-state index contributed by atoms with van der Waals surface area (Å²) < 4.78 is 0. The molecule has 3 rings (SSSR count). The summed E-state index contributed by atoms with van der Waals surface area (Å²) >= 11 is 0. The Morgan fingerprint density at radius 2 is 1.95 bits per heavy atom. The Labute approximate surface area is 128 Å². The summed E-state index contributed by atoms with van der Waals surface area (Å²) in [5, 5.41) is 16.7. The molecule has 0 spiro atoms. The Hall–Kier alpha value is -2.89. The van der Waals surface area contributed by atoms with Crippen molar-refractivity contribution in [3.63, 3.8) is 0 Å². The van der Waals surface area contributed by atoms with Gasteiger partial charge in [-0.15, -0.1) is 0 Å². The minimum Gasteiger partial charge on any atom is -0.305 e. The minimum atomic E-state index is -0.241. The van der Waals surface area contributed by atoms with Crippen LogP contribution < -0.4 is 5.32 Å². The molecule has 0 aliphatic carbocycles. The highest BCUT2D eigenvalue weighted by Gasteiger charge is 2.16. The van der Waals surface area contributed by atoms with Gasteiger partial charge in [0, 0.05) is 17.3 Å². The van der Waals surface area contributed by atoms with Crippen LogP contribution in [0, 0.1) is 0 Å². The topological polar surface area (TPSA) is 86.5 Å². The van der Waals surface area contributed by atoms with Crippen molar-refractivity contribution in [2.45, 2.75) is 19.8 Å². The Morgan fingerprint density at radius 1 is 1.18 bits per heavy atom. The maximum Gasteiger partial charge on any atom is 0.260 e. The molecule has 0 aliphatic heterocycles. The van der Waals surface area contributed by atoms with Crippen molar-refractivity contribution in [2.75, 3.05) is 5.32 Å². The third kappa shape index (κ3) is 2.76. The molecule has 3 aromatic rings. The number of aromatic amines is 2. The molecule has 6 heteroatoms. The average molecular weight is 295 g/mol. The van der Waals surface area contributed by atoms with Crippen LogP contribution in [0.25, 0.3) is 11.3 Å². The fourth-order valence-corrected chi connectivity index (χ4v) is 2.16. The quantitative estimate of drug-likeness (QED) is 0.691. The normalized spacial score (nSPS) is 10.9. The molecule has 2 aromatic heterocycles. The van der Waals surface area contributed by atoms with Crippen molar-refractivity contribution in [2.24, 2.45) is 0 Å². The van der Waals surface area contributed by atoms with Crippen molar-refractivity contribution >= 4 is 11.7 Å². The van der Waals surface area contributed by atoms with E-state index >= 15 is 0 Å². The molecule has 0 saturated heterocycles. The van der Waals surface area contributed by atoms with E-state index in [1.807, 2.05) is 36.4 Å². The molecule has 0 aliphatic rings. The van der Waals surface area contributed by atoms with Gasteiger partial charge in [0.15, 0.2) is 5.82 Å². The lowest BCUT2D eigenvalue weighted by molar-refractivity contribution is 0.102. The number of benzene rings is 1. The molecular formula is C16H17N5O. The van der Waals surface area contributed by atoms with Gasteiger partial charge in [-0.1, -0.05) is 44.2 Å². The van der Waals surface area contributed by atoms with Crippen LogP contribution in [0.5, 0.6) is 0 Å². The van der Waals surface area contributed by atoms with Gasteiger partial charge in [-0.25, -0.2) is 0 Å². The third-order valence-electron chi connectivity index (χ3n) is 3.41. The molecule has 0 saturated carbocycles. The zero-order chi connectivity index (χ0) is 15.5. The van der Waals surface area contributed by atoms with E-state index in [1.165, 1.54) is 6.20 Å². The number of H-pyrrole nitrogens is 2. The van der Waals surface area contributed by atoms with Crippen LogP contribution in [0.3, 0.4) is 0 Å². The standard InChI is InChI=1S/C16H17N5O/c1-10(2)13-8-14(20-19-13)18-16(22)12-9-17-21-15(12)11-6-4-3-5-7-11/h3-10H,1-2H3,(H,17,21)(H2,18,19,20,22). The number of hydrogen-bond acceptors (Lipinski definition) is 3. The molecule has 6 nitrogen and oxygen atoms in total. The summed E-state index contributed by atoms with van der Waals surface area (Å²) in [7, 11) is 0. The van der Waals surface area contributed by atoms with Gasteiger partial charge in [-0.3, -0.25) is 15.0 Å². The van der Waals surface area contributed by atoms with E-state index in [1.54, 1.807) is 0 Å². The van der Waals surface area contributed by atoms with Crippen LogP contribution in [0.15, 0.2) is 42.6 Å². The fourth-order valence-electron chi connectivity index (χ4n) is 2.16. The van der Waals surface area contributed by atoms with Crippen molar-refractivity contribution < 1.29 is 4.79 Å². The summed E-state index contributed by atoms with van der Waals surface area (Å²) in [5.74, 6) is 0.593. The molecule has 0 atom stereocenters. The number of amides is 1. The monoisotopic (exact) mass is 295 g/mol. The molecule has 0 bridgehead atoms. The SMILES string of the molecule is CC(C)c1cc(NC(=O)c2cn[nH]c2-c2ccccc2)n[nH]1. The van der Waals surface area contributed by atoms with Crippen LogP contribution >= 0.6 is 0 Å². The van der Waals surface area contributed by atoms with Gasteiger partial charge in [-0.05, 0) is 5.92 Å². The highest BCUT2D eigenvalue weighted by atomic mass is 16.1. The molecule has 2 heterocycles. The van der Waals surface area contributed by atoms with Gasteiger partial charge >= 0.3 is 0 Å². The molecule has 112 valence electrons. The smallest absolute Gasteiger partial charge is 0.260 e. The van der Waals surface area contributed by atoms with E-state index in [0.29, 0.717) is 23.0 Å². The zero-order valence-corrected chi connectivity index (χ0v) is 12.4. The number of carbonyl (C=O) groups excluding carboxylic acids is 1. The fraction of sp³-hybridized carbons (Fsp3) is 0.188. The second-order valence-corrected chi connectivity index (χ2v) is 5.34. The summed E-state index contributed by atoms with van der Waals surface area (Å²) in [6, 6.07) is 11.5. The first-order valence-corrected chi connectivity index (χ1v) is 7.10. The van der Waals surface area contributed by atoms with E-state index in [0.717, 1.165) is 11.3 Å². The Kier molecular flexibility index (Phi) is 3.74. The van der Waals surface area contributed by atoms with Crippen LogP contribution in [-0.4, -0.2) is 26.3 Å².